The first-order valence-electron chi connectivity index (χ1n) is 4.93. The molecule has 0 spiro atoms. The lowest BCUT2D eigenvalue weighted by Gasteiger charge is -2.25. The molecule has 0 aromatic rings. The van der Waals surface area contributed by atoms with Crippen molar-refractivity contribution in [2.24, 2.45) is 11.0 Å². The van der Waals surface area contributed by atoms with Crippen molar-refractivity contribution in [2.45, 2.75) is 25.9 Å². The number of β-amino-alcohol motifs (C(OH)–C–C–N with tert-alkyl or cyclic N) is 1. The summed E-state index contributed by atoms with van der Waals surface area (Å²) in [4.78, 5) is 15.8. The van der Waals surface area contributed by atoms with Crippen molar-refractivity contribution in [2.75, 3.05) is 19.6 Å². The molecule has 0 radical (unpaired) electrons. The van der Waals surface area contributed by atoms with E-state index in [2.05, 4.69) is 10.0 Å². The van der Waals surface area contributed by atoms with Gasteiger partial charge in [0, 0.05) is 31.0 Å². The lowest BCUT2D eigenvalue weighted by atomic mass is 10.1. The summed E-state index contributed by atoms with van der Waals surface area (Å²) in [5.74, 6) is 0.117. The number of carbonyl (C=O) groups excluding carboxylic acids is 1. The lowest BCUT2D eigenvalue weighted by molar-refractivity contribution is -0.130. The maximum absolute atomic E-state index is 11.5. The van der Waals surface area contributed by atoms with Crippen LogP contribution in [0.4, 0.5) is 0 Å². The van der Waals surface area contributed by atoms with Crippen molar-refractivity contribution >= 4 is 5.91 Å². The highest BCUT2D eigenvalue weighted by molar-refractivity contribution is 5.78. The molecule has 0 aromatic carbocycles. The minimum absolute atomic E-state index is 0.0234. The van der Waals surface area contributed by atoms with Gasteiger partial charge < -0.3 is 10.0 Å². The molecule has 84 valence electrons. The SMILES string of the molecule is CC(C)(O)CN1CC(CN=[N+]=[N-])CC1=O. The Morgan fingerprint density at radius 3 is 2.93 bits per heavy atom. The molecule has 0 aliphatic carbocycles. The topological polar surface area (TPSA) is 89.3 Å². The summed E-state index contributed by atoms with van der Waals surface area (Å²) in [5.41, 5.74) is 7.29. The Kier molecular flexibility index (Phi) is 3.55. The van der Waals surface area contributed by atoms with Crippen LogP contribution in [0.15, 0.2) is 5.11 Å². The quantitative estimate of drug-likeness (QED) is 0.426. The summed E-state index contributed by atoms with van der Waals surface area (Å²) >= 11 is 0. The van der Waals surface area contributed by atoms with E-state index in [9.17, 15) is 9.90 Å². The first kappa shape index (κ1) is 11.8. The Balaban J connectivity index is 2.49. The van der Waals surface area contributed by atoms with Gasteiger partial charge in [-0.2, -0.15) is 0 Å². The van der Waals surface area contributed by atoms with Gasteiger partial charge in [-0.25, -0.2) is 0 Å². The van der Waals surface area contributed by atoms with Crippen LogP contribution in [0.1, 0.15) is 20.3 Å². The first-order valence-corrected chi connectivity index (χ1v) is 4.93. The van der Waals surface area contributed by atoms with Crippen molar-refractivity contribution < 1.29 is 9.90 Å². The van der Waals surface area contributed by atoms with E-state index in [0.717, 1.165) is 0 Å². The number of rotatable bonds is 4. The molecule has 1 unspecified atom stereocenters. The molecule has 1 atom stereocenters. The van der Waals surface area contributed by atoms with E-state index in [0.29, 0.717) is 26.1 Å². The summed E-state index contributed by atoms with van der Waals surface area (Å²) in [7, 11) is 0. The van der Waals surface area contributed by atoms with E-state index >= 15 is 0 Å². The maximum atomic E-state index is 11.5. The zero-order valence-corrected chi connectivity index (χ0v) is 9.05. The van der Waals surface area contributed by atoms with Crippen LogP contribution in [0.5, 0.6) is 0 Å². The number of likely N-dealkylation sites (tertiary alicyclic amines) is 1. The fourth-order valence-corrected chi connectivity index (χ4v) is 1.75. The molecule has 1 aliphatic heterocycles. The predicted octanol–water partition coefficient (Wildman–Crippen LogP) is 0.916. The van der Waals surface area contributed by atoms with Crippen molar-refractivity contribution in [3.8, 4) is 0 Å². The van der Waals surface area contributed by atoms with Crippen LogP contribution >= 0.6 is 0 Å². The van der Waals surface area contributed by atoms with Gasteiger partial charge in [0.2, 0.25) is 5.91 Å². The lowest BCUT2D eigenvalue weighted by Crippen LogP contribution is -2.39. The monoisotopic (exact) mass is 212 g/mol. The van der Waals surface area contributed by atoms with Gasteiger partial charge in [-0.3, -0.25) is 4.79 Å². The minimum Gasteiger partial charge on any atom is -0.389 e. The highest BCUT2D eigenvalue weighted by atomic mass is 16.3. The molecule has 0 saturated carbocycles. The molecule has 1 amide bonds. The molecule has 1 rings (SSSR count). The molecule has 6 nitrogen and oxygen atoms in total. The van der Waals surface area contributed by atoms with E-state index in [-0.39, 0.29) is 11.8 Å². The van der Waals surface area contributed by atoms with Crippen LogP contribution in [0.3, 0.4) is 0 Å². The number of carbonyl (C=O) groups is 1. The van der Waals surface area contributed by atoms with E-state index in [4.69, 9.17) is 5.53 Å². The van der Waals surface area contributed by atoms with Crippen molar-refractivity contribution in [1.29, 1.82) is 0 Å². The van der Waals surface area contributed by atoms with Gasteiger partial charge >= 0.3 is 0 Å². The van der Waals surface area contributed by atoms with Gasteiger partial charge in [-0.05, 0) is 25.3 Å². The summed E-state index contributed by atoms with van der Waals surface area (Å²) in [6.07, 6.45) is 0.412. The largest absolute Gasteiger partial charge is 0.389 e. The summed E-state index contributed by atoms with van der Waals surface area (Å²) < 4.78 is 0. The van der Waals surface area contributed by atoms with Gasteiger partial charge in [0.05, 0.1) is 5.60 Å². The summed E-state index contributed by atoms with van der Waals surface area (Å²) in [6.45, 7) is 4.59. The fraction of sp³-hybridized carbons (Fsp3) is 0.889. The van der Waals surface area contributed by atoms with Crippen LogP contribution in [0, 0.1) is 5.92 Å². The van der Waals surface area contributed by atoms with Gasteiger partial charge in [0.15, 0.2) is 0 Å². The zero-order valence-electron chi connectivity index (χ0n) is 9.05. The number of amides is 1. The van der Waals surface area contributed by atoms with Gasteiger partial charge in [-0.15, -0.1) is 0 Å². The molecule has 1 aliphatic rings. The standard InChI is InChI=1S/C9H16N4O2/c1-9(2,15)6-13-5-7(3-8(13)14)4-11-12-10/h7,15H,3-6H2,1-2H3. The molecule has 1 N–H and O–H groups in total. The Morgan fingerprint density at radius 2 is 2.40 bits per heavy atom. The second-order valence-electron chi connectivity index (χ2n) is 4.57. The van der Waals surface area contributed by atoms with E-state index < -0.39 is 5.60 Å². The average molecular weight is 212 g/mol. The number of hydrogen-bond donors (Lipinski definition) is 1. The van der Waals surface area contributed by atoms with E-state index in [1.165, 1.54) is 0 Å². The molecular formula is C9H16N4O2. The molecule has 0 bridgehead atoms. The van der Waals surface area contributed by atoms with Gasteiger partial charge in [0.25, 0.3) is 0 Å². The van der Waals surface area contributed by atoms with Gasteiger partial charge in [-0.1, -0.05) is 5.11 Å². The minimum atomic E-state index is -0.872. The molecule has 1 saturated heterocycles. The number of aliphatic hydroxyl groups is 1. The van der Waals surface area contributed by atoms with Crippen molar-refractivity contribution in [3.05, 3.63) is 10.4 Å². The smallest absolute Gasteiger partial charge is 0.223 e. The molecule has 6 heteroatoms. The predicted molar refractivity (Wildman–Crippen MR) is 55.0 cm³/mol. The second-order valence-corrected chi connectivity index (χ2v) is 4.57. The number of hydrogen-bond acceptors (Lipinski definition) is 3. The highest BCUT2D eigenvalue weighted by Gasteiger charge is 2.31. The third kappa shape index (κ3) is 3.77. The Bertz CT molecular complexity index is 291. The Morgan fingerprint density at radius 1 is 1.73 bits per heavy atom. The van der Waals surface area contributed by atoms with Crippen molar-refractivity contribution in [1.82, 2.24) is 4.90 Å². The number of azide groups is 1. The number of nitrogens with zero attached hydrogens (tertiary/aromatic N) is 4. The Labute approximate surface area is 88.5 Å². The molecule has 15 heavy (non-hydrogen) atoms. The van der Waals surface area contributed by atoms with Crippen LogP contribution < -0.4 is 0 Å². The maximum Gasteiger partial charge on any atom is 0.223 e. The average Bonchev–Trinajstić information content (AvgIpc) is 2.41. The molecule has 0 aromatic heterocycles. The van der Waals surface area contributed by atoms with Crippen LogP contribution in [-0.2, 0) is 4.79 Å². The van der Waals surface area contributed by atoms with E-state index in [1.54, 1.807) is 18.7 Å². The third-order valence-corrected chi connectivity index (χ3v) is 2.28. The second kappa shape index (κ2) is 4.51. The first-order chi connectivity index (χ1) is 6.92. The third-order valence-electron chi connectivity index (χ3n) is 2.28. The van der Waals surface area contributed by atoms with Gasteiger partial charge in [0.1, 0.15) is 0 Å². The van der Waals surface area contributed by atoms with Crippen molar-refractivity contribution in [3.63, 3.8) is 0 Å². The van der Waals surface area contributed by atoms with Crippen LogP contribution in [0.2, 0.25) is 0 Å². The normalized spacial score (nSPS) is 21.7. The van der Waals surface area contributed by atoms with Crippen LogP contribution in [0.25, 0.3) is 10.4 Å². The summed E-state index contributed by atoms with van der Waals surface area (Å²) in [6, 6.07) is 0. The van der Waals surface area contributed by atoms with Crippen LogP contribution in [-0.4, -0.2) is 41.1 Å². The molecule has 1 heterocycles. The summed E-state index contributed by atoms with van der Waals surface area (Å²) in [5, 5.41) is 13.0. The highest BCUT2D eigenvalue weighted by Crippen LogP contribution is 2.20. The Hall–Kier alpha value is -1.26. The fourth-order valence-electron chi connectivity index (χ4n) is 1.75. The molecular weight excluding hydrogens is 196 g/mol. The molecule has 1 fully saturated rings. The zero-order chi connectivity index (χ0) is 11.5. The van der Waals surface area contributed by atoms with E-state index in [1.807, 2.05) is 0 Å².